The number of rotatable bonds is 1. The molecule has 5 heteroatoms. The van der Waals surface area contributed by atoms with E-state index in [1.165, 1.54) is 0 Å². The highest BCUT2D eigenvalue weighted by Gasteiger charge is 2.08. The predicted molar refractivity (Wildman–Crippen MR) is 52.8 cm³/mol. The van der Waals surface area contributed by atoms with E-state index in [9.17, 15) is 5.11 Å². The van der Waals surface area contributed by atoms with Gasteiger partial charge in [0.1, 0.15) is 5.69 Å². The molecule has 0 saturated heterocycles. The summed E-state index contributed by atoms with van der Waals surface area (Å²) in [5.41, 5.74) is 3.65. The van der Waals surface area contributed by atoms with E-state index in [0.717, 1.165) is 10.9 Å². The molecule has 0 amide bonds. The number of anilines is 1. The molecular formula is C8H8ClN3O. The minimum Gasteiger partial charge on any atom is -0.493 e. The summed E-state index contributed by atoms with van der Waals surface area (Å²) in [4.78, 5) is 2.76. The van der Waals surface area contributed by atoms with Crippen LogP contribution in [0, 0.1) is 0 Å². The maximum absolute atomic E-state index is 9.38. The molecule has 0 aliphatic carbocycles. The van der Waals surface area contributed by atoms with Crippen molar-refractivity contribution >= 4 is 28.2 Å². The second-order valence-corrected chi connectivity index (χ2v) is 3.12. The number of nitrogens with one attached hydrogen (secondary N) is 2. The monoisotopic (exact) mass is 197 g/mol. The lowest BCUT2D eigenvalue weighted by Crippen LogP contribution is -2.05. The maximum atomic E-state index is 9.38. The zero-order chi connectivity index (χ0) is 9.42. The molecule has 68 valence electrons. The van der Waals surface area contributed by atoms with Gasteiger partial charge in [-0.15, -0.1) is 0 Å². The third-order valence-corrected chi connectivity index (χ3v) is 2.12. The van der Waals surface area contributed by atoms with Crippen LogP contribution in [0.1, 0.15) is 0 Å². The lowest BCUT2D eigenvalue weighted by atomic mass is 10.2. The van der Waals surface area contributed by atoms with Gasteiger partial charge in [0.15, 0.2) is 0 Å². The number of fused-ring (bicyclic) bond motifs is 1. The third-order valence-electron chi connectivity index (χ3n) is 1.89. The van der Waals surface area contributed by atoms with Crippen molar-refractivity contribution in [1.29, 1.82) is 0 Å². The van der Waals surface area contributed by atoms with Gasteiger partial charge in [0.25, 0.3) is 0 Å². The fourth-order valence-corrected chi connectivity index (χ4v) is 1.47. The largest absolute Gasteiger partial charge is 0.493 e. The van der Waals surface area contributed by atoms with Crippen molar-refractivity contribution in [3.63, 3.8) is 0 Å². The van der Waals surface area contributed by atoms with Gasteiger partial charge in [0.05, 0.1) is 5.52 Å². The first kappa shape index (κ1) is 8.22. The van der Waals surface area contributed by atoms with E-state index in [1.54, 1.807) is 18.2 Å². The number of halogens is 1. The Bertz CT molecular complexity index is 452. The summed E-state index contributed by atoms with van der Waals surface area (Å²) in [5, 5.41) is 10.8. The molecular weight excluding hydrogens is 190 g/mol. The zero-order valence-corrected chi connectivity index (χ0v) is 7.39. The zero-order valence-electron chi connectivity index (χ0n) is 6.63. The summed E-state index contributed by atoms with van der Waals surface area (Å²) in [5.74, 6) is 5.25. The van der Waals surface area contributed by atoms with E-state index in [0.29, 0.717) is 10.7 Å². The minimum absolute atomic E-state index is 0.0137. The second kappa shape index (κ2) is 2.83. The predicted octanol–water partition coefficient (Wildman–Crippen LogP) is 1.81. The van der Waals surface area contributed by atoms with Crippen molar-refractivity contribution < 1.29 is 5.11 Å². The fourth-order valence-electron chi connectivity index (χ4n) is 1.30. The Morgan fingerprint density at radius 1 is 1.46 bits per heavy atom. The Hall–Kier alpha value is -1.39. The second-order valence-electron chi connectivity index (χ2n) is 2.68. The van der Waals surface area contributed by atoms with Crippen LogP contribution in [0.15, 0.2) is 18.2 Å². The Morgan fingerprint density at radius 3 is 2.92 bits per heavy atom. The lowest BCUT2D eigenvalue weighted by Gasteiger charge is -1.96. The third kappa shape index (κ3) is 1.20. The van der Waals surface area contributed by atoms with Crippen LogP contribution in [0.2, 0.25) is 5.02 Å². The molecule has 0 unspecified atom stereocenters. The number of aromatic hydroxyl groups is 1. The molecule has 2 aromatic rings. The first-order valence-corrected chi connectivity index (χ1v) is 4.07. The van der Waals surface area contributed by atoms with E-state index in [4.69, 9.17) is 17.4 Å². The molecule has 0 radical (unpaired) electrons. The standard InChI is InChI=1S/C8H8ClN3O/c9-4-1-2-6-5(3-4)7(12-10)8(13)11-6/h1-3,11-13H,10H2. The number of hydrazine groups is 1. The van der Waals surface area contributed by atoms with Gasteiger partial charge in [0, 0.05) is 10.4 Å². The van der Waals surface area contributed by atoms with Gasteiger partial charge >= 0.3 is 0 Å². The quantitative estimate of drug-likeness (QED) is 0.416. The Morgan fingerprint density at radius 2 is 2.23 bits per heavy atom. The Kier molecular flexibility index (Phi) is 1.79. The van der Waals surface area contributed by atoms with Crippen molar-refractivity contribution in [2.75, 3.05) is 5.43 Å². The molecule has 0 aliphatic rings. The summed E-state index contributed by atoms with van der Waals surface area (Å²) in [6.07, 6.45) is 0. The topological polar surface area (TPSA) is 74.1 Å². The first-order valence-electron chi connectivity index (χ1n) is 3.69. The molecule has 1 aromatic carbocycles. The molecule has 1 aromatic heterocycles. The number of H-pyrrole nitrogens is 1. The van der Waals surface area contributed by atoms with Crippen LogP contribution in [0.4, 0.5) is 5.69 Å². The number of aromatic amines is 1. The highest BCUT2D eigenvalue weighted by molar-refractivity contribution is 6.31. The van der Waals surface area contributed by atoms with Crippen LogP contribution in [-0.4, -0.2) is 10.1 Å². The van der Waals surface area contributed by atoms with Gasteiger partial charge in [-0.25, -0.2) is 0 Å². The molecule has 2 rings (SSSR count). The molecule has 5 N–H and O–H groups in total. The highest BCUT2D eigenvalue weighted by atomic mass is 35.5. The van der Waals surface area contributed by atoms with Crippen molar-refractivity contribution in [3.05, 3.63) is 23.2 Å². The number of nitrogens with two attached hydrogens (primary N) is 1. The summed E-state index contributed by atoms with van der Waals surface area (Å²) >= 11 is 5.79. The minimum atomic E-state index is 0.0137. The molecule has 4 nitrogen and oxygen atoms in total. The average Bonchev–Trinajstić information content (AvgIpc) is 2.40. The molecule has 13 heavy (non-hydrogen) atoms. The van der Waals surface area contributed by atoms with Crippen LogP contribution in [-0.2, 0) is 0 Å². The molecule has 0 atom stereocenters. The van der Waals surface area contributed by atoms with Gasteiger partial charge in [0.2, 0.25) is 5.88 Å². The van der Waals surface area contributed by atoms with Crippen molar-refractivity contribution in [1.82, 2.24) is 4.98 Å². The van der Waals surface area contributed by atoms with Gasteiger partial charge in [-0.1, -0.05) is 11.6 Å². The van der Waals surface area contributed by atoms with Gasteiger partial charge in [-0.05, 0) is 18.2 Å². The van der Waals surface area contributed by atoms with Crippen LogP contribution in [0.3, 0.4) is 0 Å². The first-order chi connectivity index (χ1) is 6.22. The smallest absolute Gasteiger partial charge is 0.214 e. The Balaban J connectivity index is 2.80. The highest BCUT2D eigenvalue weighted by Crippen LogP contribution is 2.33. The van der Waals surface area contributed by atoms with Crippen LogP contribution in [0.25, 0.3) is 10.9 Å². The number of benzene rings is 1. The van der Waals surface area contributed by atoms with E-state index in [-0.39, 0.29) is 5.88 Å². The van der Waals surface area contributed by atoms with Gasteiger partial charge in [-0.2, -0.15) is 0 Å². The van der Waals surface area contributed by atoms with Crippen molar-refractivity contribution in [3.8, 4) is 5.88 Å². The fraction of sp³-hybridized carbons (Fsp3) is 0. The Labute approximate surface area is 79.3 Å². The van der Waals surface area contributed by atoms with E-state index in [2.05, 4.69) is 10.4 Å². The van der Waals surface area contributed by atoms with E-state index >= 15 is 0 Å². The van der Waals surface area contributed by atoms with Crippen LogP contribution >= 0.6 is 11.6 Å². The van der Waals surface area contributed by atoms with Crippen molar-refractivity contribution in [2.45, 2.75) is 0 Å². The molecule has 0 bridgehead atoms. The SMILES string of the molecule is NNc1c(O)[nH]c2ccc(Cl)cc12. The van der Waals surface area contributed by atoms with E-state index in [1.807, 2.05) is 0 Å². The molecule has 1 heterocycles. The summed E-state index contributed by atoms with van der Waals surface area (Å²) in [6.45, 7) is 0. The normalized spacial score (nSPS) is 10.6. The summed E-state index contributed by atoms with van der Waals surface area (Å²) in [7, 11) is 0. The van der Waals surface area contributed by atoms with E-state index < -0.39 is 0 Å². The lowest BCUT2D eigenvalue weighted by molar-refractivity contribution is 0.460. The van der Waals surface area contributed by atoms with Crippen LogP contribution < -0.4 is 11.3 Å². The van der Waals surface area contributed by atoms with Crippen LogP contribution in [0.5, 0.6) is 5.88 Å². The number of hydrogen-bond donors (Lipinski definition) is 4. The summed E-state index contributed by atoms with van der Waals surface area (Å²) in [6, 6.07) is 5.24. The molecule has 0 fully saturated rings. The summed E-state index contributed by atoms with van der Waals surface area (Å²) < 4.78 is 0. The maximum Gasteiger partial charge on any atom is 0.214 e. The average molecular weight is 198 g/mol. The number of hydrogen-bond acceptors (Lipinski definition) is 3. The number of nitrogen functional groups attached to an aromatic ring is 1. The molecule has 0 saturated carbocycles. The molecule has 0 aliphatic heterocycles. The van der Waals surface area contributed by atoms with Crippen molar-refractivity contribution in [2.24, 2.45) is 5.84 Å². The number of aromatic nitrogens is 1. The molecule has 0 spiro atoms. The van der Waals surface area contributed by atoms with Gasteiger partial charge in [-0.3, -0.25) is 5.84 Å². The van der Waals surface area contributed by atoms with Gasteiger partial charge < -0.3 is 15.5 Å².